The van der Waals surface area contributed by atoms with E-state index in [0.717, 1.165) is 0 Å². The van der Waals surface area contributed by atoms with Crippen molar-refractivity contribution >= 4 is 29.7 Å². The lowest BCUT2D eigenvalue weighted by molar-refractivity contribution is -0.478. The maximum atomic E-state index is 14.6. The number of carbonyl (C=O) groups is 5. The van der Waals surface area contributed by atoms with Gasteiger partial charge in [-0.15, -0.1) is 0 Å². The van der Waals surface area contributed by atoms with Gasteiger partial charge in [0.15, 0.2) is 11.7 Å². The van der Waals surface area contributed by atoms with E-state index in [1.807, 2.05) is 20.8 Å². The zero-order valence-corrected chi connectivity index (χ0v) is 31.9. The molecule has 14 heteroatoms. The molecule has 7 aliphatic rings. The van der Waals surface area contributed by atoms with Gasteiger partial charge in [-0.1, -0.05) is 48.5 Å². The Morgan fingerprint density at radius 3 is 2.19 bits per heavy atom. The number of aliphatic hydroxyl groups is 1. The van der Waals surface area contributed by atoms with E-state index in [-0.39, 0.29) is 19.3 Å². The lowest BCUT2D eigenvalue weighted by Crippen LogP contribution is -2.94. The largest absolute Gasteiger partial charge is 0.472 e. The van der Waals surface area contributed by atoms with Gasteiger partial charge >= 0.3 is 23.9 Å². The summed E-state index contributed by atoms with van der Waals surface area (Å²) in [5, 5.41) is 14.0. The summed E-state index contributed by atoms with van der Waals surface area (Å²) in [4.78, 5) is 69.8. The summed E-state index contributed by atoms with van der Waals surface area (Å²) in [6.07, 6.45) is -0.729. The van der Waals surface area contributed by atoms with Crippen molar-refractivity contribution in [3.8, 4) is 0 Å². The number of methoxy groups -OCH3 is 1. The highest BCUT2D eigenvalue weighted by Crippen LogP contribution is 2.90. The standard InChI is InChI=1S/C39H50O14/c1-18(2)25(42)24-26-32(6,27(49-29(24)44)21-11-14-47-16-21)12-13-36-34(8)22(15-23(41)46-10)33(7)17-37(34)38(45,30(33)50-28(43)19(3)4)31(48-20(5)40)39(26,36)53-35(9,51-36)52-37/h11,14,16,18-19,22,24,26-27,30-31,45H,12-13,15,17H2,1-10H3. The molecule has 1 aromatic heterocycles. The first-order valence-corrected chi connectivity index (χ1v) is 18.6. The van der Waals surface area contributed by atoms with Gasteiger partial charge in [0.25, 0.3) is 5.97 Å². The van der Waals surface area contributed by atoms with Gasteiger partial charge in [-0.25, -0.2) is 0 Å². The molecule has 2 spiro atoms. The highest BCUT2D eigenvalue weighted by Gasteiger charge is 3.04. The fourth-order valence-electron chi connectivity index (χ4n) is 13.3. The van der Waals surface area contributed by atoms with E-state index in [1.165, 1.54) is 26.6 Å². The van der Waals surface area contributed by atoms with Crippen LogP contribution in [0.4, 0.5) is 0 Å². The van der Waals surface area contributed by atoms with Crippen molar-refractivity contribution in [3.05, 3.63) is 24.2 Å². The molecular weight excluding hydrogens is 692 g/mol. The first kappa shape index (κ1) is 36.6. The normalized spacial score (nSPS) is 49.7. The van der Waals surface area contributed by atoms with Gasteiger partial charge in [0.1, 0.15) is 40.7 Å². The average Bonchev–Trinajstić information content (AvgIpc) is 3.77. The van der Waals surface area contributed by atoms with Crippen molar-refractivity contribution < 1.29 is 66.7 Å². The molecule has 14 nitrogen and oxygen atoms in total. The third kappa shape index (κ3) is 3.82. The molecule has 290 valence electrons. The number of cyclic esters (lactones) is 1. The molecule has 0 amide bonds. The number of hydrogen-bond acceptors (Lipinski definition) is 14. The van der Waals surface area contributed by atoms with Gasteiger partial charge in [0, 0.05) is 53.9 Å². The third-order valence-electron chi connectivity index (χ3n) is 14.9. The Hall–Kier alpha value is -3.33. The summed E-state index contributed by atoms with van der Waals surface area (Å²) in [6.45, 7) is 15.1. The van der Waals surface area contributed by atoms with E-state index < -0.39 is 122 Å². The maximum absolute atomic E-state index is 14.6. The Morgan fingerprint density at radius 1 is 0.925 bits per heavy atom. The topological polar surface area (TPSA) is 183 Å². The minimum Gasteiger partial charge on any atom is -0.472 e. The fraction of sp³-hybridized carbons (Fsp3) is 0.769. The molecule has 14 atom stereocenters. The Kier molecular flexibility index (Phi) is 7.40. The quantitative estimate of drug-likeness (QED) is 0.229. The van der Waals surface area contributed by atoms with Crippen LogP contribution in [0.25, 0.3) is 0 Å². The van der Waals surface area contributed by atoms with Gasteiger partial charge in [0.05, 0.1) is 25.6 Å². The van der Waals surface area contributed by atoms with Crippen molar-refractivity contribution in [2.45, 2.75) is 135 Å². The van der Waals surface area contributed by atoms with E-state index in [9.17, 15) is 29.1 Å². The van der Waals surface area contributed by atoms with Crippen LogP contribution in [0.3, 0.4) is 0 Å². The molecule has 1 N–H and O–H groups in total. The number of fused-ring (bicyclic) bond motifs is 3. The SMILES string of the molecule is COC(=O)CC1C2(C)CC34OC5(C)OC6(C7C(C(=O)C(C)C)C(=O)OC(c8ccoc8)C7(C)CCC6(O5)C13C)C(OC(C)=O)C4(O)C2OC(=O)C(C)C. The lowest BCUT2D eigenvalue weighted by atomic mass is 9.32. The summed E-state index contributed by atoms with van der Waals surface area (Å²) in [5.74, 6) is -9.79. The van der Waals surface area contributed by atoms with Crippen LogP contribution in [0.5, 0.6) is 0 Å². The fourth-order valence-corrected chi connectivity index (χ4v) is 13.3. The average molecular weight is 743 g/mol. The van der Waals surface area contributed by atoms with Crippen LogP contribution in [-0.4, -0.2) is 82.5 Å². The number of esters is 4. The van der Waals surface area contributed by atoms with Crippen LogP contribution in [0, 0.1) is 45.8 Å². The first-order chi connectivity index (χ1) is 24.6. The molecule has 0 aromatic carbocycles. The Balaban J connectivity index is 1.50. The number of carbonyl (C=O) groups excluding carboxylic acids is 5. The van der Waals surface area contributed by atoms with Crippen molar-refractivity contribution in [2.75, 3.05) is 7.11 Å². The summed E-state index contributed by atoms with van der Waals surface area (Å²) >= 11 is 0. The smallest absolute Gasteiger partial charge is 0.317 e. The van der Waals surface area contributed by atoms with Gasteiger partial charge in [-0.3, -0.25) is 24.0 Å². The molecule has 4 saturated carbocycles. The molecule has 4 bridgehead atoms. The molecule has 7 fully saturated rings. The molecular formula is C39H50O14. The van der Waals surface area contributed by atoms with Crippen molar-refractivity contribution in [2.24, 2.45) is 45.8 Å². The second-order valence-corrected chi connectivity index (χ2v) is 18.0. The number of Topliss-reactive ketones (excluding diaryl/α,β-unsaturated/α-hetero) is 1. The van der Waals surface area contributed by atoms with Gasteiger partial charge in [-0.05, 0) is 31.2 Å². The van der Waals surface area contributed by atoms with Gasteiger partial charge in [0.2, 0.25) is 0 Å². The predicted octanol–water partition coefficient (Wildman–Crippen LogP) is 3.96. The van der Waals surface area contributed by atoms with E-state index in [0.29, 0.717) is 12.0 Å². The van der Waals surface area contributed by atoms with E-state index in [2.05, 4.69) is 0 Å². The Bertz CT molecular complexity index is 1810. The van der Waals surface area contributed by atoms with Crippen LogP contribution in [0.1, 0.15) is 99.7 Å². The molecule has 1 aromatic rings. The summed E-state index contributed by atoms with van der Waals surface area (Å²) in [7, 11) is 1.29. The third-order valence-corrected chi connectivity index (χ3v) is 14.9. The van der Waals surface area contributed by atoms with E-state index >= 15 is 0 Å². The second-order valence-electron chi connectivity index (χ2n) is 18.0. The molecule has 0 radical (unpaired) electrons. The van der Waals surface area contributed by atoms with Crippen molar-refractivity contribution in [1.29, 1.82) is 0 Å². The molecule has 3 saturated heterocycles. The van der Waals surface area contributed by atoms with Gasteiger partial charge in [-0.2, -0.15) is 0 Å². The number of ketones is 1. The minimum atomic E-state index is -2.35. The van der Waals surface area contributed by atoms with E-state index in [4.69, 9.17) is 37.6 Å². The Labute approximate surface area is 307 Å². The van der Waals surface area contributed by atoms with Crippen molar-refractivity contribution in [1.82, 2.24) is 0 Å². The molecule has 14 unspecified atom stereocenters. The number of ether oxygens (including phenoxy) is 7. The van der Waals surface area contributed by atoms with Crippen LogP contribution in [0.2, 0.25) is 0 Å². The van der Waals surface area contributed by atoms with Gasteiger partial charge < -0.3 is 42.7 Å². The molecule has 4 aliphatic carbocycles. The van der Waals surface area contributed by atoms with Crippen molar-refractivity contribution in [3.63, 3.8) is 0 Å². The van der Waals surface area contributed by atoms with Crippen LogP contribution in [0.15, 0.2) is 23.0 Å². The zero-order chi connectivity index (χ0) is 38.7. The summed E-state index contributed by atoms with van der Waals surface area (Å²) in [5.41, 5.74) is -10.7. The highest BCUT2D eigenvalue weighted by atomic mass is 16.9. The summed E-state index contributed by atoms with van der Waals surface area (Å²) in [6, 6.07) is 1.69. The predicted molar refractivity (Wildman–Crippen MR) is 178 cm³/mol. The molecule has 8 rings (SSSR count). The summed E-state index contributed by atoms with van der Waals surface area (Å²) < 4.78 is 51.1. The molecule has 4 heterocycles. The van der Waals surface area contributed by atoms with Crippen LogP contribution < -0.4 is 0 Å². The Morgan fingerprint density at radius 2 is 1.60 bits per heavy atom. The molecule has 3 aliphatic heterocycles. The number of rotatable bonds is 8. The number of hydrogen-bond donors (Lipinski definition) is 1. The lowest BCUT2D eigenvalue weighted by Gasteiger charge is -2.77. The second kappa shape index (κ2) is 10.7. The monoisotopic (exact) mass is 742 g/mol. The zero-order valence-electron chi connectivity index (χ0n) is 31.9. The minimum absolute atomic E-state index is 0.0680. The number of furan rings is 1. The van der Waals surface area contributed by atoms with Crippen LogP contribution in [-0.2, 0) is 57.1 Å². The molecule has 53 heavy (non-hydrogen) atoms. The van der Waals surface area contributed by atoms with E-state index in [1.54, 1.807) is 40.7 Å². The maximum Gasteiger partial charge on any atom is 0.317 e. The first-order valence-electron chi connectivity index (χ1n) is 18.6. The highest BCUT2D eigenvalue weighted by molar-refractivity contribution is 6.01. The van der Waals surface area contributed by atoms with Crippen LogP contribution >= 0.6 is 0 Å².